The molecule has 0 aliphatic carbocycles. The summed E-state index contributed by atoms with van der Waals surface area (Å²) >= 11 is 0. The molecule has 0 heterocycles. The van der Waals surface area contributed by atoms with E-state index in [1.165, 1.54) is 27.0 Å². The van der Waals surface area contributed by atoms with Gasteiger partial charge in [0.05, 0.1) is 19.5 Å². The van der Waals surface area contributed by atoms with E-state index in [9.17, 15) is 0 Å². The van der Waals surface area contributed by atoms with Crippen molar-refractivity contribution in [2.75, 3.05) is 19.1 Å². The van der Waals surface area contributed by atoms with Gasteiger partial charge in [-0.1, -0.05) is 24.3 Å². The minimum atomic E-state index is -0.728. The lowest BCUT2D eigenvalue weighted by Gasteiger charge is -2.29. The fraction of sp³-hybridized carbons (Fsp3) is 0.483. The third-order valence-corrected chi connectivity index (χ3v) is 8.74. The van der Waals surface area contributed by atoms with E-state index in [0.717, 1.165) is 11.5 Å². The van der Waals surface area contributed by atoms with Gasteiger partial charge in [0.15, 0.2) is 0 Å². The lowest BCUT2D eigenvalue weighted by Crippen LogP contribution is -2.41. The number of ether oxygens (including phenoxy) is 2. The SMILES string of the molecule is COc1ccc(P(c2ccc(OC)cc2)c2c(N(C(C)C)C(C)C)c2=[N+](C(C)C)C(C)C)cc1. The summed E-state index contributed by atoms with van der Waals surface area (Å²) in [5.41, 5.74) is 1.44. The summed E-state index contributed by atoms with van der Waals surface area (Å²) in [5, 5.41) is 5.60. The molecule has 0 radical (unpaired) electrons. The standard InChI is InChI=1S/C29H42N2O2P/c1-19(2)30(20(3)4)27-28(31(21(5)6)22(7)8)29(27)34(25-15-11-23(32-9)12-16-25)26-17-13-24(33-10)14-18-26/h11-22H,1-10H3/q+1. The van der Waals surface area contributed by atoms with E-state index >= 15 is 0 Å². The van der Waals surface area contributed by atoms with E-state index in [2.05, 4.69) is 113 Å². The molecule has 0 N–H and O–H groups in total. The monoisotopic (exact) mass is 481 g/mol. The van der Waals surface area contributed by atoms with E-state index in [0.29, 0.717) is 24.2 Å². The van der Waals surface area contributed by atoms with Crippen molar-refractivity contribution < 1.29 is 9.47 Å². The van der Waals surface area contributed by atoms with Crippen LogP contribution in [0.2, 0.25) is 0 Å². The zero-order valence-corrected chi connectivity index (χ0v) is 23.5. The zero-order chi connectivity index (χ0) is 25.2. The molecule has 0 amide bonds. The minimum absolute atomic E-state index is 0.423. The van der Waals surface area contributed by atoms with Crippen LogP contribution in [-0.4, -0.2) is 38.4 Å². The van der Waals surface area contributed by atoms with Crippen molar-refractivity contribution in [3.63, 3.8) is 0 Å². The number of hydrogen-bond acceptors (Lipinski definition) is 3. The first-order chi connectivity index (χ1) is 16.1. The van der Waals surface area contributed by atoms with Crippen molar-refractivity contribution in [1.29, 1.82) is 0 Å². The normalized spacial score (nSPS) is 12.0. The van der Waals surface area contributed by atoms with E-state index in [4.69, 9.17) is 9.47 Å². The van der Waals surface area contributed by atoms with Crippen LogP contribution < -0.4 is 40.2 Å². The molecular formula is C29H42N2O2P+. The number of nitrogens with zero attached hydrogens (tertiary/aromatic N) is 2. The molecule has 3 rings (SSSR count). The first-order valence-corrected chi connectivity index (χ1v) is 13.7. The zero-order valence-electron chi connectivity index (χ0n) is 22.6. The van der Waals surface area contributed by atoms with Crippen LogP contribution >= 0.6 is 7.92 Å². The molecule has 0 saturated carbocycles. The molecule has 3 aromatic rings. The van der Waals surface area contributed by atoms with Crippen LogP contribution in [0.1, 0.15) is 55.4 Å². The average Bonchev–Trinajstić information content (AvgIpc) is 3.46. The van der Waals surface area contributed by atoms with Gasteiger partial charge in [0.25, 0.3) is 0 Å². The van der Waals surface area contributed by atoms with E-state index in [-0.39, 0.29) is 0 Å². The van der Waals surface area contributed by atoms with Crippen molar-refractivity contribution in [1.82, 2.24) is 4.58 Å². The van der Waals surface area contributed by atoms with Gasteiger partial charge in [-0.25, -0.2) is 4.58 Å². The first kappa shape index (κ1) is 26.3. The highest BCUT2D eigenvalue weighted by atomic mass is 31.1. The van der Waals surface area contributed by atoms with Gasteiger partial charge in [0, 0.05) is 12.1 Å². The van der Waals surface area contributed by atoms with Crippen LogP contribution in [0.15, 0.2) is 48.5 Å². The Morgan fingerprint density at radius 2 is 1.03 bits per heavy atom. The summed E-state index contributed by atoms with van der Waals surface area (Å²) in [7, 11) is 2.72. The van der Waals surface area contributed by atoms with Crippen LogP contribution in [0.25, 0.3) is 0 Å². The molecule has 0 aliphatic heterocycles. The Morgan fingerprint density at radius 1 is 0.647 bits per heavy atom. The van der Waals surface area contributed by atoms with Crippen LogP contribution in [0.4, 0.5) is 5.69 Å². The van der Waals surface area contributed by atoms with Crippen LogP contribution in [0.3, 0.4) is 0 Å². The maximum atomic E-state index is 5.46. The number of rotatable bonds is 10. The van der Waals surface area contributed by atoms with Crippen molar-refractivity contribution in [2.45, 2.75) is 79.6 Å². The summed E-state index contributed by atoms with van der Waals surface area (Å²) < 4.78 is 13.5. The van der Waals surface area contributed by atoms with Gasteiger partial charge in [-0.3, -0.25) is 0 Å². The fourth-order valence-electron chi connectivity index (χ4n) is 4.96. The largest absolute Gasteiger partial charge is 0.497 e. The summed E-state index contributed by atoms with van der Waals surface area (Å²) in [6.45, 7) is 18.4. The van der Waals surface area contributed by atoms with E-state index in [1.807, 2.05) is 0 Å². The second-order valence-electron chi connectivity index (χ2n) is 9.97. The van der Waals surface area contributed by atoms with Crippen molar-refractivity contribution in [3.8, 4) is 11.5 Å². The van der Waals surface area contributed by atoms with Crippen LogP contribution in [-0.2, 0) is 0 Å². The molecule has 5 heteroatoms. The molecule has 0 spiro atoms. The number of methoxy groups -OCH3 is 2. The molecule has 3 aromatic carbocycles. The number of hydrogen-bond donors (Lipinski definition) is 0. The lowest BCUT2D eigenvalue weighted by atomic mass is 10.2. The van der Waals surface area contributed by atoms with Gasteiger partial charge < -0.3 is 14.4 Å². The molecule has 0 unspecified atom stereocenters. The van der Waals surface area contributed by atoms with Gasteiger partial charge in [-0.15, -0.1) is 0 Å². The molecule has 34 heavy (non-hydrogen) atoms. The first-order valence-electron chi connectivity index (χ1n) is 12.4. The molecular weight excluding hydrogens is 439 g/mol. The maximum Gasteiger partial charge on any atom is 0.235 e. The predicted octanol–water partition coefficient (Wildman–Crippen LogP) is 4.55. The Morgan fingerprint density at radius 3 is 1.32 bits per heavy atom. The van der Waals surface area contributed by atoms with E-state index < -0.39 is 7.92 Å². The molecule has 0 aliphatic rings. The Bertz CT molecular complexity index is 1020. The average molecular weight is 482 g/mol. The van der Waals surface area contributed by atoms with Crippen molar-refractivity contribution in [2.24, 2.45) is 0 Å². The lowest BCUT2D eigenvalue weighted by molar-refractivity contribution is 0.415. The summed E-state index contributed by atoms with van der Waals surface area (Å²) in [6, 6.07) is 19.0. The second-order valence-corrected chi connectivity index (χ2v) is 12.1. The smallest absolute Gasteiger partial charge is 0.235 e. The minimum Gasteiger partial charge on any atom is -0.497 e. The summed E-state index contributed by atoms with van der Waals surface area (Å²) in [5.74, 6) is 1.78. The molecule has 184 valence electrons. The topological polar surface area (TPSA) is 24.7 Å². The van der Waals surface area contributed by atoms with Gasteiger partial charge >= 0.3 is 0 Å². The Labute approximate surface area is 207 Å². The Hall–Kier alpha value is -2.32. The fourth-order valence-corrected chi connectivity index (χ4v) is 7.47. The summed E-state index contributed by atoms with van der Waals surface area (Å²) in [4.78, 5) is 2.60. The molecule has 0 aromatic heterocycles. The second kappa shape index (κ2) is 11.0. The molecule has 0 atom stereocenters. The molecule has 0 fully saturated rings. The molecule has 0 saturated heterocycles. The van der Waals surface area contributed by atoms with Gasteiger partial charge in [0.2, 0.25) is 5.36 Å². The predicted molar refractivity (Wildman–Crippen MR) is 149 cm³/mol. The highest BCUT2D eigenvalue weighted by Gasteiger charge is 2.42. The highest BCUT2D eigenvalue weighted by Crippen LogP contribution is 2.40. The molecule has 4 nitrogen and oxygen atoms in total. The van der Waals surface area contributed by atoms with Gasteiger partial charge in [-0.2, -0.15) is 0 Å². The highest BCUT2D eigenvalue weighted by molar-refractivity contribution is 7.80. The maximum absolute atomic E-state index is 5.46. The van der Waals surface area contributed by atoms with Crippen molar-refractivity contribution >= 4 is 29.5 Å². The number of anilines is 1. The van der Waals surface area contributed by atoms with E-state index in [1.54, 1.807) is 14.2 Å². The third kappa shape index (κ3) is 5.33. The quantitative estimate of drug-likeness (QED) is 0.314. The van der Waals surface area contributed by atoms with Crippen LogP contribution in [0, 0.1) is 0 Å². The Kier molecular flexibility index (Phi) is 8.47. The Balaban J connectivity index is 2.33. The van der Waals surface area contributed by atoms with Gasteiger partial charge in [-0.05, 0) is 98.2 Å². The summed E-state index contributed by atoms with van der Waals surface area (Å²) in [6.07, 6.45) is 0. The molecule has 0 bridgehead atoms. The number of benzene rings is 2. The van der Waals surface area contributed by atoms with Crippen molar-refractivity contribution in [3.05, 3.63) is 53.9 Å². The third-order valence-electron chi connectivity index (χ3n) is 6.24. The van der Waals surface area contributed by atoms with Crippen LogP contribution in [0.5, 0.6) is 11.5 Å². The van der Waals surface area contributed by atoms with Gasteiger partial charge in [0.1, 0.15) is 29.3 Å².